The maximum absolute atomic E-state index is 9.61. The lowest BCUT2D eigenvalue weighted by atomic mass is 9.92. The third-order valence-electron chi connectivity index (χ3n) is 1.84. The van der Waals surface area contributed by atoms with Crippen molar-refractivity contribution in [2.45, 2.75) is 18.9 Å². The van der Waals surface area contributed by atoms with Gasteiger partial charge in [0.15, 0.2) is 0 Å². The second-order valence-electron chi connectivity index (χ2n) is 2.73. The first kappa shape index (κ1) is 7.55. The summed E-state index contributed by atoms with van der Waals surface area (Å²) >= 11 is 0. The molecule has 0 spiro atoms. The average Bonchev–Trinajstić information content (AvgIpc) is 1.87. The topological polar surface area (TPSA) is 29.5 Å². The van der Waals surface area contributed by atoms with Crippen LogP contribution in [-0.4, -0.2) is 23.9 Å². The van der Waals surface area contributed by atoms with Gasteiger partial charge in [0.25, 0.3) is 0 Å². The predicted molar refractivity (Wildman–Crippen MR) is 38.7 cm³/mol. The molecule has 0 bridgehead atoms. The highest BCUT2D eigenvalue weighted by Gasteiger charge is 2.28. The zero-order valence-electron chi connectivity index (χ0n) is 6.18. The fourth-order valence-electron chi connectivity index (χ4n) is 0.993. The van der Waals surface area contributed by atoms with Crippen molar-refractivity contribution >= 4 is 0 Å². The van der Waals surface area contributed by atoms with Crippen molar-refractivity contribution in [2.24, 2.45) is 0 Å². The van der Waals surface area contributed by atoms with E-state index in [1.165, 1.54) is 0 Å². The molecule has 1 rings (SSSR count). The summed E-state index contributed by atoms with van der Waals surface area (Å²) in [6.45, 7) is 6.34. The van der Waals surface area contributed by atoms with Crippen LogP contribution in [0, 0.1) is 0 Å². The molecule has 1 atom stereocenters. The molecule has 0 amide bonds. The van der Waals surface area contributed by atoms with Crippen LogP contribution in [0.15, 0.2) is 17.9 Å². The monoisotopic (exact) mass is 140 g/mol. The number of aliphatic hydroxyl groups is 1. The lowest BCUT2D eigenvalue weighted by Gasteiger charge is -2.29. The highest BCUT2D eigenvalue weighted by molar-refractivity contribution is 5.15. The van der Waals surface area contributed by atoms with Crippen LogP contribution in [0.1, 0.15) is 13.3 Å². The number of hydrogen-bond donors (Lipinski definition) is 1. The van der Waals surface area contributed by atoms with Crippen LogP contribution in [0.4, 0.5) is 0 Å². The second kappa shape index (κ2) is 2.59. The lowest BCUT2D eigenvalue weighted by molar-refractivity contribution is -0.00194. The summed E-state index contributed by atoms with van der Waals surface area (Å²) in [7, 11) is 0. The Hall–Kier alpha value is -0.560. The lowest BCUT2D eigenvalue weighted by Crippen LogP contribution is -2.35. The summed E-state index contributed by atoms with van der Waals surface area (Å²) in [6, 6.07) is 0. The second-order valence-corrected chi connectivity index (χ2v) is 2.73. The predicted octanol–water partition coefficient (Wildman–Crippen LogP) is 0.869. The fraction of sp³-hybridized carbons (Fsp3) is 0.625. The molecule has 1 N–H and O–H groups in total. The maximum atomic E-state index is 9.61. The molecule has 56 valence electrons. The van der Waals surface area contributed by atoms with E-state index in [0.29, 0.717) is 19.6 Å². The van der Waals surface area contributed by atoms with Gasteiger partial charge in [-0.15, -0.1) is 5.73 Å². The summed E-state index contributed by atoms with van der Waals surface area (Å²) in [6.07, 6.45) is 0.644. The summed E-state index contributed by atoms with van der Waals surface area (Å²) in [5, 5.41) is 9.61. The van der Waals surface area contributed by atoms with Crippen molar-refractivity contribution in [2.75, 3.05) is 13.2 Å². The molecule has 0 aromatic carbocycles. The average molecular weight is 140 g/mol. The summed E-state index contributed by atoms with van der Waals surface area (Å²) in [5.41, 5.74) is 2.71. The van der Waals surface area contributed by atoms with Gasteiger partial charge in [-0.2, -0.15) is 0 Å². The van der Waals surface area contributed by atoms with E-state index in [-0.39, 0.29) is 0 Å². The van der Waals surface area contributed by atoms with E-state index in [1.807, 2.05) is 0 Å². The molecular weight excluding hydrogens is 128 g/mol. The fourth-order valence-corrected chi connectivity index (χ4v) is 0.993. The minimum atomic E-state index is -0.736. The Morgan fingerprint density at radius 1 is 1.80 bits per heavy atom. The van der Waals surface area contributed by atoms with Gasteiger partial charge in [-0.05, 0) is 6.92 Å². The smallest absolute Gasteiger partial charge is 0.0946 e. The third kappa shape index (κ3) is 1.29. The van der Waals surface area contributed by atoms with E-state index in [0.717, 1.165) is 5.57 Å². The summed E-state index contributed by atoms with van der Waals surface area (Å²) in [5.74, 6) is 0. The van der Waals surface area contributed by atoms with Crippen LogP contribution in [0.3, 0.4) is 0 Å². The van der Waals surface area contributed by atoms with Gasteiger partial charge in [0.05, 0.1) is 18.8 Å². The van der Waals surface area contributed by atoms with Gasteiger partial charge >= 0.3 is 0 Å². The quantitative estimate of drug-likeness (QED) is 0.506. The normalized spacial score (nSPS) is 33.6. The first-order chi connectivity index (χ1) is 4.67. The third-order valence-corrected chi connectivity index (χ3v) is 1.84. The molecule has 1 unspecified atom stereocenters. The van der Waals surface area contributed by atoms with E-state index in [4.69, 9.17) is 4.74 Å². The van der Waals surface area contributed by atoms with Gasteiger partial charge in [-0.3, -0.25) is 0 Å². The van der Waals surface area contributed by atoms with Crippen molar-refractivity contribution in [3.63, 3.8) is 0 Å². The van der Waals surface area contributed by atoms with Crippen molar-refractivity contribution in [1.82, 2.24) is 0 Å². The van der Waals surface area contributed by atoms with Gasteiger partial charge < -0.3 is 9.84 Å². The molecule has 0 aliphatic carbocycles. The van der Waals surface area contributed by atoms with E-state index in [1.54, 1.807) is 6.92 Å². The van der Waals surface area contributed by atoms with E-state index in [2.05, 4.69) is 12.3 Å². The van der Waals surface area contributed by atoms with Crippen LogP contribution in [0.25, 0.3) is 0 Å². The maximum Gasteiger partial charge on any atom is 0.0946 e. The van der Waals surface area contributed by atoms with Crippen LogP contribution in [-0.2, 0) is 4.74 Å². The number of ether oxygens (including phenoxy) is 1. The standard InChI is InChI=1S/C8H12O2/c1-3-7-6-10-5-4-8(7,2)9/h9H,1,4-6H2,2H3. The van der Waals surface area contributed by atoms with Crippen molar-refractivity contribution in [1.29, 1.82) is 0 Å². The van der Waals surface area contributed by atoms with Crippen LogP contribution in [0.5, 0.6) is 0 Å². The molecule has 1 heterocycles. The Morgan fingerprint density at radius 2 is 2.50 bits per heavy atom. The zero-order chi connectivity index (χ0) is 7.61. The van der Waals surface area contributed by atoms with E-state index >= 15 is 0 Å². The highest BCUT2D eigenvalue weighted by atomic mass is 16.5. The van der Waals surface area contributed by atoms with Crippen LogP contribution >= 0.6 is 0 Å². The SMILES string of the molecule is C=C=C1COCCC1(C)O. The molecule has 0 radical (unpaired) electrons. The summed E-state index contributed by atoms with van der Waals surface area (Å²) in [4.78, 5) is 0. The molecule has 0 aromatic heterocycles. The highest BCUT2D eigenvalue weighted by Crippen LogP contribution is 2.23. The number of rotatable bonds is 0. The Bertz CT molecular complexity index is 176. The summed E-state index contributed by atoms with van der Waals surface area (Å²) < 4.78 is 5.11. The first-order valence-corrected chi connectivity index (χ1v) is 3.36. The van der Waals surface area contributed by atoms with E-state index < -0.39 is 5.60 Å². The molecule has 0 saturated carbocycles. The van der Waals surface area contributed by atoms with Crippen molar-refractivity contribution in [3.05, 3.63) is 17.9 Å². The van der Waals surface area contributed by atoms with Gasteiger partial charge in [0, 0.05) is 12.0 Å². The van der Waals surface area contributed by atoms with Gasteiger partial charge in [-0.1, -0.05) is 6.58 Å². The first-order valence-electron chi connectivity index (χ1n) is 3.36. The molecule has 2 heteroatoms. The zero-order valence-corrected chi connectivity index (χ0v) is 6.18. The number of hydrogen-bond acceptors (Lipinski definition) is 2. The largest absolute Gasteiger partial charge is 0.385 e. The van der Waals surface area contributed by atoms with Crippen LogP contribution in [0.2, 0.25) is 0 Å². The minimum Gasteiger partial charge on any atom is -0.385 e. The molecule has 1 saturated heterocycles. The molecule has 10 heavy (non-hydrogen) atoms. The van der Waals surface area contributed by atoms with Gasteiger partial charge in [0.2, 0.25) is 0 Å². The molecule has 0 aromatic rings. The molecule has 1 aliphatic rings. The van der Waals surface area contributed by atoms with Crippen molar-refractivity contribution < 1.29 is 9.84 Å². The molecular formula is C8H12O2. The van der Waals surface area contributed by atoms with Gasteiger partial charge in [0.1, 0.15) is 0 Å². The Kier molecular flexibility index (Phi) is 1.95. The van der Waals surface area contributed by atoms with E-state index in [9.17, 15) is 5.11 Å². The Labute approximate surface area is 60.8 Å². The molecule has 1 aliphatic heterocycles. The molecule has 1 fully saturated rings. The Balaban J connectivity index is 2.79. The molecule has 2 nitrogen and oxygen atoms in total. The van der Waals surface area contributed by atoms with Gasteiger partial charge in [-0.25, -0.2) is 0 Å². The minimum absolute atomic E-state index is 0.469. The van der Waals surface area contributed by atoms with Crippen molar-refractivity contribution in [3.8, 4) is 0 Å². The Morgan fingerprint density at radius 3 is 2.90 bits per heavy atom. The van der Waals surface area contributed by atoms with Crippen LogP contribution < -0.4 is 0 Å².